The summed E-state index contributed by atoms with van der Waals surface area (Å²) in [5.41, 5.74) is 1.35. The van der Waals surface area contributed by atoms with E-state index in [1.54, 1.807) is 13.4 Å². The lowest BCUT2D eigenvalue weighted by molar-refractivity contribution is -0.132. The van der Waals surface area contributed by atoms with Gasteiger partial charge in [0.05, 0.1) is 20.0 Å². The molecule has 6 atom stereocenters. The van der Waals surface area contributed by atoms with E-state index < -0.39 is 54.7 Å². The van der Waals surface area contributed by atoms with Crippen molar-refractivity contribution >= 4 is 34.6 Å². The lowest BCUT2D eigenvalue weighted by atomic mass is 10.1. The fourth-order valence-electron chi connectivity index (χ4n) is 2.24. The number of aromatic nitrogens is 4. The summed E-state index contributed by atoms with van der Waals surface area (Å²) >= 11 is 0. The second-order valence-corrected chi connectivity index (χ2v) is 10.3. The molecule has 3 rings (SSSR count). The van der Waals surface area contributed by atoms with Gasteiger partial charge in [0.25, 0.3) is 0 Å². The average molecular weight is 540 g/mol. The van der Waals surface area contributed by atoms with Crippen molar-refractivity contribution in [2.24, 2.45) is 0 Å². The number of phosphoric ester groups is 1. The summed E-state index contributed by atoms with van der Waals surface area (Å²) in [6.07, 6.45) is -3.69. The number of aromatic amines is 1. The average Bonchev–Trinajstić information content (AvgIpc) is 3.24. The number of nitrogens with one attached hydrogen (secondary N) is 1. The maximum atomic E-state index is 11.3. The van der Waals surface area contributed by atoms with E-state index >= 15 is 0 Å². The maximum Gasteiger partial charge on any atom is 0.490 e. The third-order valence-corrected chi connectivity index (χ3v) is 7.34. The second-order valence-electron chi connectivity index (χ2n) is 5.92. The predicted octanol–water partition coefficient (Wildman–Crippen LogP) is -1.87. The van der Waals surface area contributed by atoms with E-state index in [-0.39, 0.29) is 0 Å². The van der Waals surface area contributed by atoms with Crippen LogP contribution < -0.4 is 4.74 Å². The number of phosphoric acid groups is 3. The van der Waals surface area contributed by atoms with Crippen LogP contribution in [0.1, 0.15) is 0 Å². The Kier molecular flexibility index (Phi) is 9.19. The van der Waals surface area contributed by atoms with E-state index in [2.05, 4.69) is 37.8 Å². The van der Waals surface area contributed by atoms with Crippen molar-refractivity contribution < 1.29 is 71.2 Å². The Morgan fingerprint density at radius 2 is 1.67 bits per heavy atom. The molecular weight excluding hydrogens is 521 g/mol. The highest BCUT2D eigenvalue weighted by Gasteiger charge is 2.45. The van der Waals surface area contributed by atoms with Crippen LogP contribution in [0.4, 0.5) is 0 Å². The van der Waals surface area contributed by atoms with Crippen LogP contribution in [0, 0.1) is 0 Å². The van der Waals surface area contributed by atoms with Gasteiger partial charge in [-0.1, -0.05) is 0 Å². The van der Waals surface area contributed by atoms with E-state index in [1.807, 2.05) is 0 Å². The third kappa shape index (κ3) is 8.40. The van der Waals surface area contributed by atoms with Gasteiger partial charge in [0.2, 0.25) is 5.88 Å². The van der Waals surface area contributed by atoms with Gasteiger partial charge in [0.1, 0.15) is 30.2 Å². The topological polar surface area (TPSA) is 293 Å². The molecule has 8 N–H and O–H groups in total. The number of hydrogen-bond acceptors (Lipinski definition) is 14. The molecule has 2 aromatic heterocycles. The molecule has 0 aliphatic carbocycles. The van der Waals surface area contributed by atoms with Crippen molar-refractivity contribution in [1.82, 2.24) is 19.9 Å². The van der Waals surface area contributed by atoms with Gasteiger partial charge < -0.3 is 49.4 Å². The zero-order valence-electron chi connectivity index (χ0n) is 16.3. The highest BCUT2D eigenvalue weighted by atomic mass is 31.3. The Labute approximate surface area is 183 Å². The van der Waals surface area contributed by atoms with Crippen LogP contribution in [-0.4, -0.2) is 93.1 Å². The Bertz CT molecular complexity index is 1080. The lowest BCUT2D eigenvalue weighted by Crippen LogP contribution is -2.34. The van der Waals surface area contributed by atoms with Crippen molar-refractivity contribution in [2.45, 2.75) is 24.6 Å². The van der Waals surface area contributed by atoms with Crippen LogP contribution in [0.25, 0.3) is 11.2 Å². The van der Waals surface area contributed by atoms with Gasteiger partial charge in [-0.05, 0) is 0 Å². The number of hydrogen-bond donors (Lipinski definition) is 8. The van der Waals surface area contributed by atoms with E-state index in [4.69, 9.17) is 34.5 Å². The summed E-state index contributed by atoms with van der Waals surface area (Å²) < 4.78 is 53.2. The number of aliphatic hydroxyl groups is 3. The van der Waals surface area contributed by atoms with Crippen molar-refractivity contribution in [3.8, 4) is 5.88 Å². The molecule has 33 heavy (non-hydrogen) atoms. The highest BCUT2D eigenvalue weighted by Crippen LogP contribution is 2.66. The molecule has 0 spiro atoms. The van der Waals surface area contributed by atoms with Crippen LogP contribution in [0.15, 0.2) is 12.7 Å². The van der Waals surface area contributed by atoms with Crippen LogP contribution in [0.3, 0.4) is 0 Å². The molecule has 3 heterocycles. The Morgan fingerprint density at radius 1 is 1.00 bits per heavy atom. The molecule has 0 aromatic carbocycles. The standard InChI is InChI=1S/C6H6N4O.C5H13O14P3/c1-11-6-4-5(8-2-7-4)9-3-10-6;6-3-2(17-5(8)4(3)7)1-16-21(12,13)19-22(14,15)18-20(9,10)11/h2-3H,1H3,(H,7,8,9,10);2-8H,1H2,(H,12,13)(H,14,15)(H2,9,10,11)/t;2-,3-,4+,5?/m.1/s1. The first kappa shape index (κ1) is 27.8. The third-order valence-electron chi connectivity index (χ3n) is 3.54. The van der Waals surface area contributed by atoms with E-state index in [1.165, 1.54) is 6.33 Å². The number of nitrogens with zero attached hydrogens (tertiary/aromatic N) is 3. The zero-order chi connectivity index (χ0) is 25.0. The molecule has 1 aliphatic heterocycles. The summed E-state index contributed by atoms with van der Waals surface area (Å²) in [6.45, 7) is -0.973. The minimum absolute atomic E-state index is 0.521. The summed E-state index contributed by atoms with van der Waals surface area (Å²) in [4.78, 5) is 49.2. The van der Waals surface area contributed by atoms with Gasteiger partial charge in [0, 0.05) is 0 Å². The molecule has 22 heteroatoms. The summed E-state index contributed by atoms with van der Waals surface area (Å²) in [5.74, 6) is 0.521. The summed E-state index contributed by atoms with van der Waals surface area (Å²) in [7, 11) is -14.9. The number of methoxy groups -OCH3 is 1. The number of ether oxygens (including phenoxy) is 2. The fraction of sp³-hybridized carbons (Fsp3) is 0.545. The molecule has 2 aromatic rings. The molecule has 188 valence electrons. The monoisotopic (exact) mass is 540 g/mol. The highest BCUT2D eigenvalue weighted by molar-refractivity contribution is 7.66. The summed E-state index contributed by atoms with van der Waals surface area (Å²) in [6, 6.07) is 0. The SMILES string of the molecule is COc1ncnc2nc[nH]c12.O=P(O)(O)OP(=O)(O)OP(=O)(O)OC[C@H]1OC(O)[C@@H](O)[C@@H]1O. The number of imidazole rings is 1. The zero-order valence-corrected chi connectivity index (χ0v) is 18.9. The van der Waals surface area contributed by atoms with Gasteiger partial charge in [0.15, 0.2) is 11.9 Å². The first-order valence-corrected chi connectivity index (χ1v) is 12.8. The van der Waals surface area contributed by atoms with Gasteiger partial charge in [-0.3, -0.25) is 4.52 Å². The Hall–Kier alpha value is -1.40. The molecule has 19 nitrogen and oxygen atoms in total. The summed E-state index contributed by atoms with van der Waals surface area (Å²) in [5, 5.41) is 27.5. The minimum atomic E-state index is -5.64. The normalized spacial score (nSPS) is 26.8. The van der Waals surface area contributed by atoms with Gasteiger partial charge in [-0.25, -0.2) is 23.7 Å². The second kappa shape index (κ2) is 10.9. The van der Waals surface area contributed by atoms with Crippen LogP contribution in [-0.2, 0) is 31.6 Å². The van der Waals surface area contributed by atoms with E-state index in [0.717, 1.165) is 5.52 Å². The Morgan fingerprint density at radius 3 is 2.21 bits per heavy atom. The number of rotatable bonds is 8. The lowest BCUT2D eigenvalue weighted by Gasteiger charge is -2.18. The van der Waals surface area contributed by atoms with Crippen molar-refractivity contribution in [3.05, 3.63) is 12.7 Å². The van der Waals surface area contributed by atoms with Crippen molar-refractivity contribution in [2.75, 3.05) is 13.7 Å². The molecule has 3 unspecified atom stereocenters. The van der Waals surface area contributed by atoms with Crippen molar-refractivity contribution in [1.29, 1.82) is 0 Å². The molecule has 0 saturated carbocycles. The quantitative estimate of drug-likeness (QED) is 0.170. The molecule has 0 amide bonds. The molecule has 0 bridgehead atoms. The first-order chi connectivity index (χ1) is 15.1. The largest absolute Gasteiger partial charge is 0.490 e. The number of aliphatic hydroxyl groups excluding tert-OH is 3. The van der Waals surface area contributed by atoms with E-state index in [0.29, 0.717) is 11.5 Å². The predicted molar refractivity (Wildman–Crippen MR) is 101 cm³/mol. The van der Waals surface area contributed by atoms with Crippen LogP contribution >= 0.6 is 23.5 Å². The molecule has 1 saturated heterocycles. The molecule has 1 aliphatic rings. The molecule has 0 radical (unpaired) electrons. The van der Waals surface area contributed by atoms with Crippen molar-refractivity contribution in [3.63, 3.8) is 0 Å². The van der Waals surface area contributed by atoms with Gasteiger partial charge in [-0.2, -0.15) is 13.6 Å². The fourth-order valence-corrected chi connectivity index (χ4v) is 5.27. The van der Waals surface area contributed by atoms with Crippen LogP contribution in [0.2, 0.25) is 0 Å². The first-order valence-electron chi connectivity index (χ1n) is 8.30. The maximum absolute atomic E-state index is 11.3. The van der Waals surface area contributed by atoms with Crippen LogP contribution in [0.5, 0.6) is 5.88 Å². The molecular formula is C11H19N4O15P3. The Balaban J connectivity index is 0.000000288. The minimum Gasteiger partial charge on any atom is -0.479 e. The van der Waals surface area contributed by atoms with E-state index in [9.17, 15) is 18.8 Å². The van der Waals surface area contributed by atoms with Gasteiger partial charge >= 0.3 is 23.5 Å². The van der Waals surface area contributed by atoms with Gasteiger partial charge in [-0.15, -0.1) is 0 Å². The smallest absolute Gasteiger partial charge is 0.479 e. The number of H-pyrrole nitrogens is 1. The number of fused-ring (bicyclic) bond motifs is 1. The molecule has 1 fully saturated rings.